The molecule has 1 fully saturated rings. The summed E-state index contributed by atoms with van der Waals surface area (Å²) in [6.45, 7) is 0. The lowest BCUT2D eigenvalue weighted by molar-refractivity contribution is -0.142. The molecular weight excluding hydrogens is 310 g/mol. The second kappa shape index (κ2) is 6.23. The molecule has 1 aromatic carbocycles. The molecule has 0 saturated heterocycles. The summed E-state index contributed by atoms with van der Waals surface area (Å²) in [5, 5.41) is 14.5. The predicted octanol–water partition coefficient (Wildman–Crippen LogP) is 0.615. The van der Waals surface area contributed by atoms with Crippen molar-refractivity contribution in [3.8, 4) is 5.75 Å². The summed E-state index contributed by atoms with van der Waals surface area (Å²) in [6, 6.07) is 6.82. The minimum absolute atomic E-state index is 0.273. The van der Waals surface area contributed by atoms with Crippen molar-refractivity contribution in [3.05, 3.63) is 29.8 Å². The zero-order chi connectivity index (χ0) is 16.4. The number of hydrogen-bond donors (Lipinski definition) is 2. The lowest BCUT2D eigenvalue weighted by Crippen LogP contribution is -2.43. The van der Waals surface area contributed by atoms with Gasteiger partial charge in [0.2, 0.25) is 0 Å². The lowest BCUT2D eigenvalue weighted by atomic mass is 9.68. The number of aliphatic hydroxyl groups is 1. The fourth-order valence-electron chi connectivity index (χ4n) is 2.81. The molecule has 0 heterocycles. The molecule has 1 aromatic rings. The fourth-order valence-corrected chi connectivity index (χ4v) is 3.18. The number of hydrogen-bond acceptors (Lipinski definition) is 6. The summed E-state index contributed by atoms with van der Waals surface area (Å²) in [7, 11) is -2.89. The van der Waals surface area contributed by atoms with Crippen molar-refractivity contribution in [1.29, 1.82) is 0 Å². The third-order valence-electron chi connectivity index (χ3n) is 4.01. The number of carbonyl (C=O) groups excluding carboxylic acids is 1. The van der Waals surface area contributed by atoms with Gasteiger partial charge in [-0.3, -0.25) is 0 Å². The predicted molar refractivity (Wildman–Crippen MR) is 78.3 cm³/mol. The van der Waals surface area contributed by atoms with E-state index in [9.17, 15) is 18.3 Å². The van der Waals surface area contributed by atoms with Crippen LogP contribution in [0.2, 0.25) is 0 Å². The molecule has 1 aliphatic carbocycles. The minimum Gasteiger partial charge on any atom is -0.497 e. The van der Waals surface area contributed by atoms with Gasteiger partial charge in [-0.2, -0.15) is 13.6 Å². The number of ether oxygens (including phenoxy) is 1. The van der Waals surface area contributed by atoms with Crippen molar-refractivity contribution >= 4 is 16.3 Å². The molecular formula is C14H19NO6S. The Bertz CT molecular complexity index is 649. The molecule has 0 unspecified atom stereocenters. The fraction of sp³-hybridized carbons (Fsp3) is 0.500. The molecule has 0 aromatic heterocycles. The number of nitrogens with two attached hydrogens (primary N) is 1. The number of carbonyl (C=O) groups is 1. The average molecular weight is 329 g/mol. The van der Waals surface area contributed by atoms with Gasteiger partial charge >= 0.3 is 16.3 Å². The van der Waals surface area contributed by atoms with E-state index in [0.717, 1.165) is 0 Å². The van der Waals surface area contributed by atoms with Crippen molar-refractivity contribution in [3.63, 3.8) is 0 Å². The molecule has 122 valence electrons. The van der Waals surface area contributed by atoms with Gasteiger partial charge in [-0.05, 0) is 43.4 Å². The quantitative estimate of drug-likeness (QED) is 0.836. The van der Waals surface area contributed by atoms with E-state index >= 15 is 0 Å². The Morgan fingerprint density at radius 1 is 1.36 bits per heavy atom. The molecule has 22 heavy (non-hydrogen) atoms. The van der Waals surface area contributed by atoms with E-state index in [-0.39, 0.29) is 12.8 Å². The van der Waals surface area contributed by atoms with Crippen LogP contribution in [-0.2, 0) is 24.7 Å². The summed E-state index contributed by atoms with van der Waals surface area (Å²) in [5.41, 5.74) is -0.562. The molecule has 1 aliphatic rings. The first kappa shape index (κ1) is 16.7. The van der Waals surface area contributed by atoms with Gasteiger partial charge < -0.3 is 14.0 Å². The normalized spacial score (nSPS) is 25.5. The lowest BCUT2D eigenvalue weighted by Gasteiger charge is -2.36. The highest BCUT2D eigenvalue weighted by Crippen LogP contribution is 2.41. The maximum Gasteiger partial charge on any atom is 0.382 e. The van der Waals surface area contributed by atoms with Gasteiger partial charge in [-0.25, -0.2) is 4.79 Å². The Morgan fingerprint density at radius 2 is 2.00 bits per heavy atom. The number of benzene rings is 1. The second-order valence-corrected chi connectivity index (χ2v) is 6.56. The van der Waals surface area contributed by atoms with Crippen LogP contribution >= 0.6 is 0 Å². The molecule has 0 aliphatic heterocycles. The Hall–Kier alpha value is -1.64. The number of rotatable bonds is 4. The molecule has 8 heteroatoms. The molecule has 1 saturated carbocycles. The van der Waals surface area contributed by atoms with Gasteiger partial charge in [0.05, 0.1) is 18.6 Å². The van der Waals surface area contributed by atoms with Crippen LogP contribution in [0.1, 0.15) is 31.2 Å². The largest absolute Gasteiger partial charge is 0.497 e. The van der Waals surface area contributed by atoms with Gasteiger partial charge in [0, 0.05) is 0 Å². The van der Waals surface area contributed by atoms with Crippen molar-refractivity contribution in [1.82, 2.24) is 0 Å². The average Bonchev–Trinajstić information content (AvgIpc) is 2.46. The van der Waals surface area contributed by atoms with E-state index in [1.807, 2.05) is 0 Å². The second-order valence-electron chi connectivity index (χ2n) is 5.41. The maximum absolute atomic E-state index is 12.4. The highest BCUT2D eigenvalue weighted by molar-refractivity contribution is 7.84. The monoisotopic (exact) mass is 329 g/mol. The van der Waals surface area contributed by atoms with Crippen molar-refractivity contribution in [2.45, 2.75) is 37.2 Å². The Balaban J connectivity index is 2.43. The molecule has 0 amide bonds. The van der Waals surface area contributed by atoms with E-state index in [1.165, 1.54) is 7.11 Å². The van der Waals surface area contributed by atoms with E-state index in [0.29, 0.717) is 24.2 Å². The highest BCUT2D eigenvalue weighted by atomic mass is 32.2. The van der Waals surface area contributed by atoms with Crippen LogP contribution in [0.25, 0.3) is 0 Å². The van der Waals surface area contributed by atoms with Crippen LogP contribution in [-0.4, -0.2) is 32.7 Å². The van der Waals surface area contributed by atoms with Gasteiger partial charge in [0.15, 0.2) is 0 Å². The van der Waals surface area contributed by atoms with Crippen molar-refractivity contribution in [2.75, 3.05) is 7.11 Å². The third kappa shape index (κ3) is 3.57. The van der Waals surface area contributed by atoms with Gasteiger partial charge in [-0.15, -0.1) is 0 Å². The summed E-state index contributed by atoms with van der Waals surface area (Å²) in [6.07, 6.45) is 0.778. The van der Waals surface area contributed by atoms with Gasteiger partial charge in [0.25, 0.3) is 0 Å². The van der Waals surface area contributed by atoms with E-state index < -0.39 is 27.8 Å². The molecule has 0 bridgehead atoms. The maximum atomic E-state index is 12.4. The Labute approximate surface area is 129 Å². The molecule has 7 nitrogen and oxygen atoms in total. The van der Waals surface area contributed by atoms with Crippen LogP contribution < -0.4 is 9.88 Å². The standard InChI is InChI=1S/C14H19NO6S/c1-20-12-4-2-3-10(9-12)14(7-5-11(16)6-8-14)13(17)21-22(15,18)19/h2-4,9,11,16H,5-8H2,1H3,(H2,15,18,19). The third-order valence-corrected chi connectivity index (χ3v) is 4.40. The summed E-state index contributed by atoms with van der Waals surface area (Å²) in [5.74, 6) is -0.374. The first-order valence-electron chi connectivity index (χ1n) is 6.86. The van der Waals surface area contributed by atoms with E-state index in [4.69, 9.17) is 9.88 Å². The number of methoxy groups -OCH3 is 1. The Morgan fingerprint density at radius 3 is 2.55 bits per heavy atom. The highest BCUT2D eigenvalue weighted by Gasteiger charge is 2.46. The van der Waals surface area contributed by atoms with E-state index in [2.05, 4.69) is 4.18 Å². The molecule has 0 radical (unpaired) electrons. The van der Waals surface area contributed by atoms with Crippen molar-refractivity contribution < 1.29 is 27.2 Å². The van der Waals surface area contributed by atoms with Crippen LogP contribution in [0.5, 0.6) is 5.75 Å². The molecule has 0 spiro atoms. The topological polar surface area (TPSA) is 116 Å². The minimum atomic E-state index is -4.39. The summed E-state index contributed by atoms with van der Waals surface area (Å²) < 4.78 is 31.8. The summed E-state index contributed by atoms with van der Waals surface area (Å²) >= 11 is 0. The zero-order valence-corrected chi connectivity index (χ0v) is 13.0. The molecule has 3 N–H and O–H groups in total. The van der Waals surface area contributed by atoms with Gasteiger partial charge in [0.1, 0.15) is 5.75 Å². The first-order valence-corrected chi connectivity index (χ1v) is 8.33. The van der Waals surface area contributed by atoms with Crippen LogP contribution in [0.3, 0.4) is 0 Å². The first-order chi connectivity index (χ1) is 10.3. The zero-order valence-electron chi connectivity index (χ0n) is 12.2. The van der Waals surface area contributed by atoms with Crippen molar-refractivity contribution in [2.24, 2.45) is 5.14 Å². The number of aliphatic hydroxyl groups excluding tert-OH is 1. The van der Waals surface area contributed by atoms with E-state index in [1.54, 1.807) is 24.3 Å². The molecule has 2 rings (SSSR count). The van der Waals surface area contributed by atoms with Crippen LogP contribution in [0.15, 0.2) is 24.3 Å². The molecule has 0 atom stereocenters. The van der Waals surface area contributed by atoms with Crippen LogP contribution in [0.4, 0.5) is 0 Å². The smallest absolute Gasteiger partial charge is 0.382 e. The summed E-state index contributed by atoms with van der Waals surface area (Å²) in [4.78, 5) is 12.4. The Kier molecular flexibility index (Phi) is 4.74. The van der Waals surface area contributed by atoms with Crippen LogP contribution in [0, 0.1) is 0 Å². The van der Waals surface area contributed by atoms with Gasteiger partial charge in [-0.1, -0.05) is 12.1 Å². The SMILES string of the molecule is COc1cccc(C2(C(=O)OS(N)(=O)=O)CCC(O)CC2)c1.